The van der Waals surface area contributed by atoms with Gasteiger partial charge in [0.2, 0.25) is 5.91 Å². The van der Waals surface area contributed by atoms with Crippen LogP contribution in [0.2, 0.25) is 0 Å². The second-order valence-electron chi connectivity index (χ2n) is 5.08. The first-order valence-electron chi connectivity index (χ1n) is 7.01. The summed E-state index contributed by atoms with van der Waals surface area (Å²) in [6.07, 6.45) is 0. The summed E-state index contributed by atoms with van der Waals surface area (Å²) in [6, 6.07) is 16.1. The van der Waals surface area contributed by atoms with E-state index in [0.717, 1.165) is 4.90 Å². The molecule has 0 fully saturated rings. The van der Waals surface area contributed by atoms with E-state index in [1.807, 2.05) is 25.1 Å². The molecule has 1 aromatic heterocycles. The largest absolute Gasteiger partial charge is 0.360 e. The minimum absolute atomic E-state index is 0.0912. The van der Waals surface area contributed by atoms with Crippen molar-refractivity contribution < 1.29 is 9.32 Å². The summed E-state index contributed by atoms with van der Waals surface area (Å²) in [7, 11) is 0. The molecule has 2 aromatic carbocycles. The lowest BCUT2D eigenvalue weighted by Gasteiger charge is -2.11. The molecule has 0 saturated carbocycles. The van der Waals surface area contributed by atoms with E-state index in [-0.39, 0.29) is 11.2 Å². The molecule has 1 amide bonds. The molecule has 0 aliphatic heterocycles. The van der Waals surface area contributed by atoms with E-state index in [2.05, 4.69) is 34.7 Å². The van der Waals surface area contributed by atoms with Crippen molar-refractivity contribution in [2.45, 2.75) is 24.0 Å². The Morgan fingerprint density at radius 1 is 1.18 bits per heavy atom. The lowest BCUT2D eigenvalue weighted by Crippen LogP contribution is -2.22. The summed E-state index contributed by atoms with van der Waals surface area (Å²) < 4.78 is 4.94. The van der Waals surface area contributed by atoms with Crippen molar-refractivity contribution in [2.24, 2.45) is 0 Å². The molecule has 5 heteroatoms. The number of aromatic nitrogens is 1. The van der Waals surface area contributed by atoms with E-state index >= 15 is 0 Å². The highest BCUT2D eigenvalue weighted by atomic mass is 32.2. The number of benzene rings is 2. The van der Waals surface area contributed by atoms with Crippen LogP contribution in [0.3, 0.4) is 0 Å². The van der Waals surface area contributed by atoms with Gasteiger partial charge in [0.05, 0.1) is 5.25 Å². The van der Waals surface area contributed by atoms with E-state index in [1.54, 1.807) is 13.0 Å². The van der Waals surface area contributed by atoms with Crippen LogP contribution in [-0.4, -0.2) is 16.3 Å². The lowest BCUT2D eigenvalue weighted by atomic mass is 10.1. The van der Waals surface area contributed by atoms with Gasteiger partial charge in [-0.25, -0.2) is 0 Å². The lowest BCUT2D eigenvalue weighted by molar-refractivity contribution is -0.115. The molecule has 112 valence electrons. The Balaban J connectivity index is 1.69. The summed E-state index contributed by atoms with van der Waals surface area (Å²) in [4.78, 5) is 13.2. The molecule has 4 nitrogen and oxygen atoms in total. The number of thioether (sulfide) groups is 1. The number of amides is 1. The molecule has 1 heterocycles. The minimum Gasteiger partial charge on any atom is -0.360 e. The normalized spacial score (nSPS) is 12.3. The van der Waals surface area contributed by atoms with Crippen LogP contribution in [0.25, 0.3) is 10.8 Å². The number of nitrogens with zero attached hydrogens (tertiary/aromatic N) is 1. The van der Waals surface area contributed by atoms with E-state index < -0.39 is 0 Å². The first-order chi connectivity index (χ1) is 10.6. The van der Waals surface area contributed by atoms with Crippen LogP contribution in [0.1, 0.15) is 12.7 Å². The van der Waals surface area contributed by atoms with E-state index in [4.69, 9.17) is 4.52 Å². The SMILES string of the molecule is Cc1cc(NC(=O)C(C)Sc2ccc3ccccc3c2)no1. The van der Waals surface area contributed by atoms with Crippen molar-refractivity contribution >= 4 is 34.3 Å². The van der Waals surface area contributed by atoms with Gasteiger partial charge in [-0.1, -0.05) is 35.5 Å². The Morgan fingerprint density at radius 2 is 1.95 bits per heavy atom. The molecule has 1 unspecified atom stereocenters. The average Bonchev–Trinajstić information content (AvgIpc) is 2.92. The van der Waals surface area contributed by atoms with Crippen molar-refractivity contribution in [3.63, 3.8) is 0 Å². The third-order valence-electron chi connectivity index (χ3n) is 3.28. The first kappa shape index (κ1) is 14.7. The maximum atomic E-state index is 12.2. The van der Waals surface area contributed by atoms with Gasteiger partial charge in [0, 0.05) is 11.0 Å². The molecular weight excluding hydrogens is 296 g/mol. The topological polar surface area (TPSA) is 55.1 Å². The zero-order chi connectivity index (χ0) is 15.5. The highest BCUT2D eigenvalue weighted by Gasteiger charge is 2.16. The monoisotopic (exact) mass is 312 g/mol. The van der Waals surface area contributed by atoms with Crippen LogP contribution < -0.4 is 5.32 Å². The zero-order valence-electron chi connectivity index (χ0n) is 12.4. The van der Waals surface area contributed by atoms with Crippen LogP contribution in [0.15, 0.2) is 57.9 Å². The second-order valence-corrected chi connectivity index (χ2v) is 6.50. The molecule has 3 aromatic rings. The Labute approximate surface area is 132 Å². The van der Waals surface area contributed by atoms with Crippen LogP contribution in [0.5, 0.6) is 0 Å². The third kappa shape index (κ3) is 3.31. The van der Waals surface area contributed by atoms with Crippen LogP contribution in [0, 0.1) is 6.92 Å². The molecule has 0 bridgehead atoms. The molecule has 0 spiro atoms. The predicted octanol–water partition coefficient (Wildman–Crippen LogP) is 4.26. The Hall–Kier alpha value is -2.27. The molecule has 1 N–H and O–H groups in total. The molecule has 0 aliphatic carbocycles. The van der Waals surface area contributed by atoms with Gasteiger partial charge in [-0.2, -0.15) is 0 Å². The van der Waals surface area contributed by atoms with Crippen LogP contribution in [0.4, 0.5) is 5.82 Å². The van der Waals surface area contributed by atoms with Gasteiger partial charge in [-0.3, -0.25) is 4.79 Å². The van der Waals surface area contributed by atoms with Crippen molar-refractivity contribution in [1.29, 1.82) is 0 Å². The van der Waals surface area contributed by atoms with Gasteiger partial charge in [0.1, 0.15) is 5.76 Å². The number of hydrogen-bond acceptors (Lipinski definition) is 4. The van der Waals surface area contributed by atoms with Crippen molar-refractivity contribution in [3.05, 3.63) is 54.3 Å². The molecule has 1 atom stereocenters. The average molecular weight is 312 g/mol. The predicted molar refractivity (Wildman–Crippen MR) is 89.1 cm³/mol. The van der Waals surface area contributed by atoms with Crippen molar-refractivity contribution in [2.75, 3.05) is 5.32 Å². The highest BCUT2D eigenvalue weighted by molar-refractivity contribution is 8.00. The second kappa shape index (κ2) is 6.23. The Bertz CT molecular complexity index is 813. The molecule has 0 radical (unpaired) electrons. The van der Waals surface area contributed by atoms with Gasteiger partial charge < -0.3 is 9.84 Å². The number of anilines is 1. The van der Waals surface area contributed by atoms with E-state index in [9.17, 15) is 4.79 Å². The number of nitrogens with one attached hydrogen (secondary N) is 1. The number of carbonyl (C=O) groups is 1. The summed E-state index contributed by atoms with van der Waals surface area (Å²) in [6.45, 7) is 3.66. The molecular formula is C17H16N2O2S. The quantitative estimate of drug-likeness (QED) is 0.732. The standard InChI is InChI=1S/C17H16N2O2S/c1-11-9-16(19-21-11)18-17(20)12(2)22-15-8-7-13-5-3-4-6-14(13)10-15/h3-10,12H,1-2H3,(H,18,19,20). The van der Waals surface area contributed by atoms with Gasteiger partial charge >= 0.3 is 0 Å². The van der Waals surface area contributed by atoms with Gasteiger partial charge in [0.25, 0.3) is 0 Å². The fourth-order valence-electron chi connectivity index (χ4n) is 2.15. The molecule has 22 heavy (non-hydrogen) atoms. The highest BCUT2D eigenvalue weighted by Crippen LogP contribution is 2.27. The van der Waals surface area contributed by atoms with Crippen molar-refractivity contribution in [3.8, 4) is 0 Å². The number of fused-ring (bicyclic) bond motifs is 1. The van der Waals surface area contributed by atoms with E-state index in [1.165, 1.54) is 22.5 Å². The van der Waals surface area contributed by atoms with Gasteiger partial charge in [0.15, 0.2) is 5.82 Å². The Kier molecular flexibility index (Phi) is 4.15. The molecule has 0 saturated heterocycles. The van der Waals surface area contributed by atoms with Crippen LogP contribution >= 0.6 is 11.8 Å². The number of rotatable bonds is 4. The summed E-state index contributed by atoms with van der Waals surface area (Å²) in [5, 5.41) is 8.67. The number of hydrogen-bond donors (Lipinski definition) is 1. The van der Waals surface area contributed by atoms with E-state index in [0.29, 0.717) is 11.6 Å². The first-order valence-corrected chi connectivity index (χ1v) is 7.89. The van der Waals surface area contributed by atoms with Gasteiger partial charge in [-0.05, 0) is 36.8 Å². The smallest absolute Gasteiger partial charge is 0.238 e. The third-order valence-corrected chi connectivity index (χ3v) is 4.38. The minimum atomic E-state index is -0.224. The number of carbonyl (C=O) groups excluding carboxylic acids is 1. The van der Waals surface area contributed by atoms with Crippen LogP contribution in [-0.2, 0) is 4.79 Å². The fraction of sp³-hybridized carbons (Fsp3) is 0.176. The van der Waals surface area contributed by atoms with Crippen molar-refractivity contribution in [1.82, 2.24) is 5.16 Å². The molecule has 0 aliphatic rings. The summed E-state index contributed by atoms with van der Waals surface area (Å²) in [5.74, 6) is 1.03. The summed E-state index contributed by atoms with van der Waals surface area (Å²) in [5.41, 5.74) is 0. The number of aryl methyl sites for hydroxylation is 1. The maximum Gasteiger partial charge on any atom is 0.238 e. The summed E-state index contributed by atoms with van der Waals surface area (Å²) >= 11 is 1.52. The van der Waals surface area contributed by atoms with Gasteiger partial charge in [-0.15, -0.1) is 11.8 Å². The maximum absolute atomic E-state index is 12.2. The molecule has 3 rings (SSSR count). The Morgan fingerprint density at radius 3 is 2.68 bits per heavy atom. The fourth-order valence-corrected chi connectivity index (χ4v) is 3.07. The zero-order valence-corrected chi connectivity index (χ0v) is 13.2.